The van der Waals surface area contributed by atoms with Crippen LogP contribution in [0.3, 0.4) is 0 Å². The third kappa shape index (κ3) is 5.64. The van der Waals surface area contributed by atoms with Crippen LogP contribution in [0.2, 0.25) is 0 Å². The van der Waals surface area contributed by atoms with Crippen molar-refractivity contribution in [2.45, 2.75) is 16.3 Å². The highest BCUT2D eigenvalue weighted by Gasteiger charge is 2.10. The minimum absolute atomic E-state index is 0.0477. The molecule has 1 aromatic heterocycles. The van der Waals surface area contributed by atoms with E-state index >= 15 is 0 Å². The van der Waals surface area contributed by atoms with Crippen LogP contribution in [0.15, 0.2) is 76.7 Å². The molecule has 0 atom stereocenters. The number of hydrogen-bond donors (Lipinski definition) is 1. The number of sulfone groups is 1. The van der Waals surface area contributed by atoms with Crippen LogP contribution in [0.1, 0.15) is 6.42 Å². The van der Waals surface area contributed by atoms with Gasteiger partial charge in [-0.25, -0.2) is 8.42 Å². The lowest BCUT2D eigenvalue weighted by atomic mass is 10.1. The normalized spacial score (nSPS) is 11.2. The lowest BCUT2D eigenvalue weighted by molar-refractivity contribution is -0.115. The van der Waals surface area contributed by atoms with Crippen LogP contribution in [0.5, 0.6) is 0 Å². The molecule has 8 heteroatoms. The van der Waals surface area contributed by atoms with Gasteiger partial charge in [-0.15, -0.1) is 22.0 Å². The summed E-state index contributed by atoms with van der Waals surface area (Å²) < 4.78 is 22.9. The minimum atomic E-state index is -3.37. The number of anilines is 1. The largest absolute Gasteiger partial charge is 0.326 e. The zero-order valence-corrected chi connectivity index (χ0v) is 16.8. The predicted molar refractivity (Wildman–Crippen MR) is 111 cm³/mol. The van der Waals surface area contributed by atoms with Crippen LogP contribution in [0.4, 0.5) is 5.69 Å². The maximum absolute atomic E-state index is 12.1. The molecule has 0 bridgehead atoms. The molecule has 3 aromatic rings. The van der Waals surface area contributed by atoms with Gasteiger partial charge in [0, 0.05) is 34.6 Å². The molecule has 144 valence electrons. The average Bonchev–Trinajstić information content (AvgIpc) is 2.69. The molecule has 2 aromatic carbocycles. The second kappa shape index (κ2) is 8.99. The zero-order chi connectivity index (χ0) is 20.0. The van der Waals surface area contributed by atoms with E-state index in [9.17, 15) is 13.2 Å². The fraction of sp³-hybridized carbons (Fsp3) is 0.150. The van der Waals surface area contributed by atoms with Crippen LogP contribution in [0, 0.1) is 0 Å². The Morgan fingerprint density at radius 3 is 2.29 bits per heavy atom. The van der Waals surface area contributed by atoms with E-state index < -0.39 is 9.84 Å². The summed E-state index contributed by atoms with van der Waals surface area (Å²) in [7, 11) is -3.37. The SMILES string of the molecule is CS(=O)(=O)c1ccc(-c2ccc(NC(=O)CCSc3ccccc3)cc2)nn1. The van der Waals surface area contributed by atoms with Gasteiger partial charge in [-0.3, -0.25) is 4.79 Å². The van der Waals surface area contributed by atoms with Gasteiger partial charge in [-0.05, 0) is 36.4 Å². The first-order valence-electron chi connectivity index (χ1n) is 8.54. The van der Waals surface area contributed by atoms with Crippen molar-refractivity contribution in [1.29, 1.82) is 0 Å². The summed E-state index contributed by atoms with van der Waals surface area (Å²) in [6, 6.07) is 20.2. The number of carbonyl (C=O) groups excluding carboxylic acids is 1. The van der Waals surface area contributed by atoms with E-state index in [-0.39, 0.29) is 10.9 Å². The molecule has 0 spiro atoms. The standard InChI is InChI=1S/C20H19N3O3S2/c1-28(25,26)20-12-11-18(22-23-20)15-7-9-16(10-8-15)21-19(24)13-14-27-17-5-3-2-4-6-17/h2-12H,13-14H2,1H3,(H,21,24). The van der Waals surface area contributed by atoms with Crippen molar-refractivity contribution >= 4 is 33.2 Å². The molecule has 0 aliphatic rings. The van der Waals surface area contributed by atoms with Gasteiger partial charge in [0.15, 0.2) is 14.9 Å². The highest BCUT2D eigenvalue weighted by atomic mass is 32.2. The van der Waals surface area contributed by atoms with E-state index in [0.29, 0.717) is 23.6 Å². The molecule has 0 saturated carbocycles. The van der Waals surface area contributed by atoms with Gasteiger partial charge >= 0.3 is 0 Å². The summed E-state index contributed by atoms with van der Waals surface area (Å²) in [5, 5.41) is 10.5. The van der Waals surface area contributed by atoms with E-state index in [1.807, 2.05) is 30.3 Å². The molecule has 0 unspecified atom stereocenters. The van der Waals surface area contributed by atoms with Gasteiger partial charge in [0.05, 0.1) is 5.69 Å². The fourth-order valence-electron chi connectivity index (χ4n) is 2.40. The maximum Gasteiger partial charge on any atom is 0.225 e. The Hall–Kier alpha value is -2.71. The van der Waals surface area contributed by atoms with Crippen LogP contribution in [-0.4, -0.2) is 36.5 Å². The molecule has 28 heavy (non-hydrogen) atoms. The van der Waals surface area contributed by atoms with Gasteiger partial charge in [-0.1, -0.05) is 30.3 Å². The molecule has 6 nitrogen and oxygen atoms in total. The Morgan fingerprint density at radius 2 is 1.68 bits per heavy atom. The fourth-order valence-corrected chi connectivity index (χ4v) is 3.77. The number of amides is 1. The van der Waals surface area contributed by atoms with Crippen molar-refractivity contribution in [3.05, 3.63) is 66.7 Å². The van der Waals surface area contributed by atoms with E-state index in [2.05, 4.69) is 15.5 Å². The Morgan fingerprint density at radius 1 is 0.964 bits per heavy atom. The van der Waals surface area contributed by atoms with E-state index in [1.54, 1.807) is 42.1 Å². The Labute approximate surface area is 168 Å². The van der Waals surface area contributed by atoms with Crippen molar-refractivity contribution in [3.8, 4) is 11.3 Å². The highest BCUT2D eigenvalue weighted by molar-refractivity contribution is 7.99. The number of nitrogens with zero attached hydrogens (tertiary/aromatic N) is 2. The van der Waals surface area contributed by atoms with Crippen molar-refractivity contribution in [2.24, 2.45) is 0 Å². The van der Waals surface area contributed by atoms with Crippen molar-refractivity contribution < 1.29 is 13.2 Å². The molecule has 1 N–H and O–H groups in total. The summed E-state index contributed by atoms with van der Waals surface area (Å²) in [5.74, 6) is 0.657. The van der Waals surface area contributed by atoms with Gasteiger partial charge in [0.25, 0.3) is 0 Å². The topological polar surface area (TPSA) is 89.0 Å². The van der Waals surface area contributed by atoms with Crippen LogP contribution in [-0.2, 0) is 14.6 Å². The van der Waals surface area contributed by atoms with Gasteiger partial charge in [0.2, 0.25) is 5.91 Å². The van der Waals surface area contributed by atoms with Gasteiger partial charge < -0.3 is 5.32 Å². The lowest BCUT2D eigenvalue weighted by Crippen LogP contribution is -2.12. The molecule has 3 rings (SSSR count). The molecule has 1 amide bonds. The first-order valence-corrected chi connectivity index (χ1v) is 11.4. The first-order chi connectivity index (χ1) is 13.4. The van der Waals surface area contributed by atoms with Crippen LogP contribution in [0.25, 0.3) is 11.3 Å². The van der Waals surface area contributed by atoms with Crippen molar-refractivity contribution in [1.82, 2.24) is 10.2 Å². The number of benzene rings is 2. The summed E-state index contributed by atoms with van der Waals surface area (Å²) in [6.45, 7) is 0. The minimum Gasteiger partial charge on any atom is -0.326 e. The summed E-state index contributed by atoms with van der Waals surface area (Å²) in [4.78, 5) is 13.2. The number of carbonyl (C=O) groups is 1. The Balaban J connectivity index is 1.54. The van der Waals surface area contributed by atoms with Crippen LogP contribution >= 0.6 is 11.8 Å². The summed E-state index contributed by atoms with van der Waals surface area (Å²) in [6.07, 6.45) is 1.51. The second-order valence-corrected chi connectivity index (χ2v) is 9.20. The maximum atomic E-state index is 12.1. The average molecular weight is 414 g/mol. The van der Waals surface area contributed by atoms with E-state index in [0.717, 1.165) is 16.7 Å². The third-order valence-corrected chi connectivity index (χ3v) is 5.82. The molecular weight excluding hydrogens is 394 g/mol. The number of nitrogens with one attached hydrogen (secondary N) is 1. The molecule has 0 fully saturated rings. The van der Waals surface area contributed by atoms with E-state index in [4.69, 9.17) is 0 Å². The molecule has 1 heterocycles. The smallest absolute Gasteiger partial charge is 0.225 e. The highest BCUT2D eigenvalue weighted by Crippen LogP contribution is 2.21. The number of aromatic nitrogens is 2. The third-order valence-electron chi connectivity index (χ3n) is 3.83. The number of rotatable bonds is 7. The molecule has 0 radical (unpaired) electrons. The second-order valence-electron chi connectivity index (χ2n) is 6.07. The summed E-state index contributed by atoms with van der Waals surface area (Å²) >= 11 is 1.64. The van der Waals surface area contributed by atoms with Crippen LogP contribution < -0.4 is 5.32 Å². The predicted octanol–water partition coefficient (Wildman–Crippen LogP) is 3.67. The number of thioether (sulfide) groups is 1. The number of hydrogen-bond acceptors (Lipinski definition) is 6. The van der Waals surface area contributed by atoms with Crippen molar-refractivity contribution in [3.63, 3.8) is 0 Å². The lowest BCUT2D eigenvalue weighted by Gasteiger charge is -2.07. The van der Waals surface area contributed by atoms with Gasteiger partial charge in [-0.2, -0.15) is 0 Å². The molecule has 0 saturated heterocycles. The Bertz CT molecular complexity index is 1040. The zero-order valence-electron chi connectivity index (χ0n) is 15.2. The molecular formula is C20H19N3O3S2. The molecule has 0 aliphatic heterocycles. The van der Waals surface area contributed by atoms with Crippen molar-refractivity contribution in [2.75, 3.05) is 17.3 Å². The quantitative estimate of drug-likeness (QED) is 0.595. The monoisotopic (exact) mass is 413 g/mol. The molecule has 0 aliphatic carbocycles. The van der Waals surface area contributed by atoms with Gasteiger partial charge in [0.1, 0.15) is 0 Å². The Kier molecular flexibility index (Phi) is 6.43. The summed E-state index contributed by atoms with van der Waals surface area (Å²) in [5.41, 5.74) is 2.04. The first kappa shape index (κ1) is 20.0. The van der Waals surface area contributed by atoms with E-state index in [1.165, 1.54) is 6.07 Å².